The molecule has 1 aliphatic heterocycles. The van der Waals surface area contributed by atoms with Crippen molar-refractivity contribution in [3.8, 4) is 0 Å². The number of thioether (sulfide) groups is 1. The molecule has 1 saturated carbocycles. The van der Waals surface area contributed by atoms with Gasteiger partial charge in [-0.25, -0.2) is 4.98 Å². The molecule has 2 aliphatic rings. The zero-order chi connectivity index (χ0) is 22.8. The highest BCUT2D eigenvalue weighted by Crippen LogP contribution is 2.38. The highest BCUT2D eigenvalue weighted by atomic mass is 32.2. The van der Waals surface area contributed by atoms with E-state index in [0.717, 1.165) is 57.2 Å². The third kappa shape index (κ3) is 4.35. The van der Waals surface area contributed by atoms with Crippen molar-refractivity contribution in [2.75, 3.05) is 18.0 Å². The maximum atomic E-state index is 13.6. The highest BCUT2D eigenvalue weighted by Gasteiger charge is 2.38. The summed E-state index contributed by atoms with van der Waals surface area (Å²) in [5, 5.41) is 0. The van der Waals surface area contributed by atoms with Crippen LogP contribution in [-0.4, -0.2) is 43.6 Å². The quantitative estimate of drug-likeness (QED) is 0.429. The van der Waals surface area contributed by atoms with Crippen LogP contribution >= 0.6 is 24.0 Å². The summed E-state index contributed by atoms with van der Waals surface area (Å²) in [6.45, 7) is 7.78. The minimum absolute atomic E-state index is 0.0795. The van der Waals surface area contributed by atoms with Gasteiger partial charge in [0.05, 0.1) is 10.5 Å². The first-order valence-electron chi connectivity index (χ1n) is 11.5. The van der Waals surface area contributed by atoms with Crippen LogP contribution in [0.2, 0.25) is 0 Å². The molecule has 2 fully saturated rings. The topological polar surface area (TPSA) is 57.9 Å². The molecule has 0 radical (unpaired) electrons. The van der Waals surface area contributed by atoms with Crippen molar-refractivity contribution >= 4 is 51.7 Å². The highest BCUT2D eigenvalue weighted by molar-refractivity contribution is 8.26. The second kappa shape index (κ2) is 9.75. The molecule has 0 atom stereocenters. The van der Waals surface area contributed by atoms with E-state index < -0.39 is 0 Å². The van der Waals surface area contributed by atoms with Crippen LogP contribution in [0.4, 0.5) is 5.82 Å². The normalized spacial score (nSPS) is 18.5. The molecule has 1 amide bonds. The Morgan fingerprint density at radius 3 is 2.53 bits per heavy atom. The standard InChI is InChI=1S/C24H30N4O2S2/c1-4-12-26(13-5-2)21-18(22(29)27-15-16(3)10-11-20(27)25-21)14-19-23(30)28(24(31)32-19)17-8-6-7-9-17/h10-11,14-15,17H,4-9,12-13H2,1-3H3/b19-14-. The molecule has 3 heterocycles. The van der Waals surface area contributed by atoms with Crippen LogP contribution in [-0.2, 0) is 4.79 Å². The molecule has 1 saturated heterocycles. The number of pyridine rings is 1. The molecule has 2 aromatic heterocycles. The Kier molecular flexibility index (Phi) is 7.00. The number of carbonyl (C=O) groups is 1. The van der Waals surface area contributed by atoms with Gasteiger partial charge in [0, 0.05) is 25.3 Å². The number of nitrogens with zero attached hydrogens (tertiary/aromatic N) is 4. The molecule has 0 bridgehead atoms. The lowest BCUT2D eigenvalue weighted by atomic mass is 10.2. The smallest absolute Gasteiger partial charge is 0.267 e. The van der Waals surface area contributed by atoms with Crippen LogP contribution in [0.5, 0.6) is 0 Å². The molecule has 0 spiro atoms. The number of rotatable bonds is 7. The summed E-state index contributed by atoms with van der Waals surface area (Å²) in [6.07, 6.45) is 9.66. The van der Waals surface area contributed by atoms with Gasteiger partial charge in [0.25, 0.3) is 11.5 Å². The fourth-order valence-electron chi connectivity index (χ4n) is 4.57. The molecule has 2 aromatic rings. The summed E-state index contributed by atoms with van der Waals surface area (Å²) in [6, 6.07) is 4.02. The maximum Gasteiger partial charge on any atom is 0.267 e. The van der Waals surface area contributed by atoms with Gasteiger partial charge in [0.1, 0.15) is 15.8 Å². The Bertz CT molecular complexity index is 1130. The molecule has 0 N–H and O–H groups in total. The molecule has 170 valence electrons. The van der Waals surface area contributed by atoms with Crippen molar-refractivity contribution in [1.82, 2.24) is 14.3 Å². The van der Waals surface area contributed by atoms with Crippen molar-refractivity contribution in [2.45, 2.75) is 65.3 Å². The number of fused-ring (bicyclic) bond motifs is 1. The van der Waals surface area contributed by atoms with Gasteiger partial charge < -0.3 is 4.90 Å². The van der Waals surface area contributed by atoms with E-state index in [1.165, 1.54) is 11.8 Å². The van der Waals surface area contributed by atoms with Gasteiger partial charge in [0.15, 0.2) is 0 Å². The predicted molar refractivity (Wildman–Crippen MR) is 136 cm³/mol. The van der Waals surface area contributed by atoms with E-state index in [2.05, 4.69) is 18.7 Å². The van der Waals surface area contributed by atoms with Gasteiger partial charge >= 0.3 is 0 Å². The number of hydrogen-bond donors (Lipinski definition) is 0. The zero-order valence-electron chi connectivity index (χ0n) is 19.0. The molecule has 8 heteroatoms. The number of aryl methyl sites for hydroxylation is 1. The summed E-state index contributed by atoms with van der Waals surface area (Å²) in [4.78, 5) is 36.2. The van der Waals surface area contributed by atoms with Crippen molar-refractivity contribution in [2.24, 2.45) is 0 Å². The molecular formula is C24H30N4O2S2. The average Bonchev–Trinajstić information content (AvgIpc) is 3.38. The van der Waals surface area contributed by atoms with Gasteiger partial charge in [0.2, 0.25) is 0 Å². The second-order valence-electron chi connectivity index (χ2n) is 8.57. The monoisotopic (exact) mass is 470 g/mol. The second-order valence-corrected chi connectivity index (χ2v) is 10.2. The van der Waals surface area contributed by atoms with Crippen LogP contribution in [0.1, 0.15) is 63.5 Å². The van der Waals surface area contributed by atoms with Crippen LogP contribution < -0.4 is 10.5 Å². The molecule has 32 heavy (non-hydrogen) atoms. The summed E-state index contributed by atoms with van der Waals surface area (Å²) in [5.41, 5.74) is 1.90. The third-order valence-electron chi connectivity index (χ3n) is 6.06. The fraction of sp³-hybridized carbons (Fsp3) is 0.500. The van der Waals surface area contributed by atoms with E-state index in [1.54, 1.807) is 21.6 Å². The lowest BCUT2D eigenvalue weighted by Gasteiger charge is -2.24. The van der Waals surface area contributed by atoms with Crippen LogP contribution in [0.25, 0.3) is 11.7 Å². The summed E-state index contributed by atoms with van der Waals surface area (Å²) in [7, 11) is 0. The van der Waals surface area contributed by atoms with Gasteiger partial charge in [-0.3, -0.25) is 18.9 Å². The van der Waals surface area contributed by atoms with Crippen LogP contribution in [0.15, 0.2) is 28.0 Å². The first-order chi connectivity index (χ1) is 15.4. The number of anilines is 1. The van der Waals surface area contributed by atoms with Crippen molar-refractivity contribution in [3.05, 3.63) is 44.7 Å². The summed E-state index contributed by atoms with van der Waals surface area (Å²) in [5.74, 6) is 0.567. The van der Waals surface area contributed by atoms with Crippen molar-refractivity contribution in [3.63, 3.8) is 0 Å². The van der Waals surface area contributed by atoms with Gasteiger partial charge in [-0.05, 0) is 50.3 Å². The predicted octanol–water partition coefficient (Wildman–Crippen LogP) is 4.77. The zero-order valence-corrected chi connectivity index (χ0v) is 20.6. The number of carbonyl (C=O) groups excluding carboxylic acids is 1. The van der Waals surface area contributed by atoms with Crippen LogP contribution in [0, 0.1) is 6.92 Å². The SMILES string of the molecule is CCCN(CCC)c1nc2ccc(C)cn2c(=O)c1/C=C1\SC(=S)N(C2CCCC2)C1=O. The lowest BCUT2D eigenvalue weighted by Crippen LogP contribution is -2.36. The molecule has 6 nitrogen and oxygen atoms in total. The summed E-state index contributed by atoms with van der Waals surface area (Å²) >= 11 is 6.86. The van der Waals surface area contributed by atoms with Gasteiger partial charge in [-0.2, -0.15) is 0 Å². The van der Waals surface area contributed by atoms with E-state index >= 15 is 0 Å². The number of amides is 1. The Balaban J connectivity index is 1.85. The Hall–Kier alpha value is -2.19. The molecule has 1 aliphatic carbocycles. The Labute approximate surface area is 198 Å². The summed E-state index contributed by atoms with van der Waals surface area (Å²) < 4.78 is 2.18. The maximum absolute atomic E-state index is 13.6. The Morgan fingerprint density at radius 2 is 1.88 bits per heavy atom. The van der Waals surface area contributed by atoms with E-state index in [9.17, 15) is 9.59 Å². The average molecular weight is 471 g/mol. The number of thiocarbonyl (C=S) groups is 1. The first-order valence-corrected chi connectivity index (χ1v) is 12.7. The van der Waals surface area contributed by atoms with E-state index in [4.69, 9.17) is 17.2 Å². The number of aromatic nitrogens is 2. The molecular weight excluding hydrogens is 440 g/mol. The van der Waals surface area contributed by atoms with E-state index in [0.29, 0.717) is 26.3 Å². The van der Waals surface area contributed by atoms with E-state index in [1.807, 2.05) is 19.1 Å². The largest absolute Gasteiger partial charge is 0.356 e. The third-order valence-corrected chi connectivity index (χ3v) is 7.39. The fourth-order valence-corrected chi connectivity index (χ4v) is 5.95. The molecule has 4 rings (SSSR count). The van der Waals surface area contributed by atoms with Crippen molar-refractivity contribution < 1.29 is 4.79 Å². The number of hydrogen-bond acceptors (Lipinski definition) is 6. The molecule has 0 unspecified atom stereocenters. The first kappa shape index (κ1) is 23.0. The minimum atomic E-state index is -0.156. The van der Waals surface area contributed by atoms with Gasteiger partial charge in [-0.1, -0.05) is 56.7 Å². The van der Waals surface area contributed by atoms with Crippen molar-refractivity contribution in [1.29, 1.82) is 0 Å². The minimum Gasteiger partial charge on any atom is -0.356 e. The van der Waals surface area contributed by atoms with Gasteiger partial charge in [-0.15, -0.1) is 0 Å². The Morgan fingerprint density at radius 1 is 1.19 bits per heavy atom. The van der Waals surface area contributed by atoms with Crippen LogP contribution in [0.3, 0.4) is 0 Å². The van der Waals surface area contributed by atoms with E-state index in [-0.39, 0.29) is 17.5 Å². The lowest BCUT2D eigenvalue weighted by molar-refractivity contribution is -0.123. The molecule has 0 aromatic carbocycles.